The Labute approximate surface area is 115 Å². The molecule has 106 valence electrons. The number of benzene rings is 1. The van der Waals surface area contributed by atoms with Crippen molar-refractivity contribution in [3.63, 3.8) is 0 Å². The summed E-state index contributed by atoms with van der Waals surface area (Å²) < 4.78 is 0. The Morgan fingerprint density at radius 2 is 1.79 bits per heavy atom. The monoisotopic (exact) mass is 264 g/mol. The van der Waals surface area contributed by atoms with Gasteiger partial charge in [-0.3, -0.25) is 9.69 Å². The van der Waals surface area contributed by atoms with E-state index in [0.717, 1.165) is 25.1 Å². The van der Waals surface area contributed by atoms with E-state index in [1.165, 1.54) is 0 Å². The van der Waals surface area contributed by atoms with Gasteiger partial charge in [0.1, 0.15) is 0 Å². The molecule has 19 heavy (non-hydrogen) atoms. The van der Waals surface area contributed by atoms with E-state index in [2.05, 4.69) is 11.8 Å². The molecule has 0 saturated carbocycles. The van der Waals surface area contributed by atoms with Gasteiger partial charge in [0, 0.05) is 32.7 Å². The van der Waals surface area contributed by atoms with Gasteiger partial charge in [0.2, 0.25) is 0 Å². The first kappa shape index (κ1) is 15.7. The number of aliphatic hydroxyl groups excluding tert-OH is 1. The molecule has 1 rings (SSSR count). The minimum Gasteiger partial charge on any atom is -0.395 e. The number of nitrogens with zero attached hydrogens (tertiary/aromatic N) is 2. The number of aliphatic hydroxyl groups is 1. The molecule has 0 fully saturated rings. The summed E-state index contributed by atoms with van der Waals surface area (Å²) in [6.07, 6.45) is 1.07. The van der Waals surface area contributed by atoms with Crippen molar-refractivity contribution in [2.45, 2.75) is 19.9 Å². The lowest BCUT2D eigenvalue weighted by Gasteiger charge is -2.20. The van der Waals surface area contributed by atoms with E-state index >= 15 is 0 Å². The number of carbonyl (C=O) groups excluding carboxylic acids is 1. The van der Waals surface area contributed by atoms with Crippen molar-refractivity contribution in [1.29, 1.82) is 0 Å². The maximum Gasteiger partial charge on any atom is 0.253 e. The lowest BCUT2D eigenvalue weighted by atomic mass is 10.1. The van der Waals surface area contributed by atoms with Crippen LogP contribution in [0.4, 0.5) is 0 Å². The molecule has 0 aromatic heterocycles. The fourth-order valence-corrected chi connectivity index (χ4v) is 2.00. The summed E-state index contributed by atoms with van der Waals surface area (Å²) in [6.45, 7) is 4.77. The summed E-state index contributed by atoms with van der Waals surface area (Å²) in [5.74, 6) is 0.0207. The highest BCUT2D eigenvalue weighted by molar-refractivity contribution is 5.93. The van der Waals surface area contributed by atoms with E-state index in [4.69, 9.17) is 5.11 Å². The van der Waals surface area contributed by atoms with Crippen LogP contribution in [0.2, 0.25) is 0 Å². The summed E-state index contributed by atoms with van der Waals surface area (Å²) in [5.41, 5.74) is 1.87. The van der Waals surface area contributed by atoms with E-state index in [0.29, 0.717) is 12.1 Å². The number of amides is 1. The normalized spacial score (nSPS) is 10.8. The molecule has 0 aliphatic rings. The Bertz CT molecular complexity index is 382. The maximum atomic E-state index is 11.8. The molecule has 0 heterocycles. The highest BCUT2D eigenvalue weighted by Gasteiger charge is 2.08. The van der Waals surface area contributed by atoms with Crippen molar-refractivity contribution >= 4 is 5.91 Å². The molecule has 0 unspecified atom stereocenters. The van der Waals surface area contributed by atoms with Crippen molar-refractivity contribution in [2.24, 2.45) is 0 Å². The third-order valence-corrected chi connectivity index (χ3v) is 2.97. The molecule has 0 radical (unpaired) electrons. The third kappa shape index (κ3) is 5.01. The summed E-state index contributed by atoms with van der Waals surface area (Å²) >= 11 is 0. The molecular weight excluding hydrogens is 240 g/mol. The molecule has 0 bridgehead atoms. The van der Waals surface area contributed by atoms with Crippen LogP contribution >= 0.6 is 0 Å². The van der Waals surface area contributed by atoms with Crippen LogP contribution in [0.1, 0.15) is 29.3 Å². The molecule has 0 spiro atoms. The summed E-state index contributed by atoms with van der Waals surface area (Å²) in [4.78, 5) is 15.6. The molecule has 4 heteroatoms. The Morgan fingerprint density at radius 3 is 2.26 bits per heavy atom. The van der Waals surface area contributed by atoms with Crippen LogP contribution in [-0.4, -0.2) is 54.6 Å². The van der Waals surface area contributed by atoms with Crippen molar-refractivity contribution in [2.75, 3.05) is 33.8 Å². The van der Waals surface area contributed by atoms with Gasteiger partial charge in [-0.15, -0.1) is 0 Å². The second kappa shape index (κ2) is 7.92. The zero-order valence-corrected chi connectivity index (χ0v) is 12.1. The maximum absolute atomic E-state index is 11.8. The van der Waals surface area contributed by atoms with Gasteiger partial charge < -0.3 is 10.0 Å². The first-order valence-electron chi connectivity index (χ1n) is 6.72. The van der Waals surface area contributed by atoms with E-state index < -0.39 is 0 Å². The Morgan fingerprint density at radius 1 is 1.16 bits per heavy atom. The average molecular weight is 264 g/mol. The molecule has 0 saturated heterocycles. The topological polar surface area (TPSA) is 43.8 Å². The molecule has 0 atom stereocenters. The van der Waals surface area contributed by atoms with E-state index in [1.54, 1.807) is 19.0 Å². The van der Waals surface area contributed by atoms with Gasteiger partial charge in [0.15, 0.2) is 0 Å². The average Bonchev–Trinajstić information content (AvgIpc) is 2.39. The van der Waals surface area contributed by atoms with Gasteiger partial charge in [-0.1, -0.05) is 19.1 Å². The molecule has 0 aliphatic carbocycles. The standard InChI is InChI=1S/C15H24N2O2/c1-4-9-17(10-11-18)12-13-5-7-14(8-6-13)15(19)16(2)3/h5-8,18H,4,9-12H2,1-3H3. The quantitative estimate of drug-likeness (QED) is 0.813. The summed E-state index contributed by atoms with van der Waals surface area (Å²) in [5, 5.41) is 9.03. The Balaban J connectivity index is 2.67. The highest BCUT2D eigenvalue weighted by atomic mass is 16.3. The van der Waals surface area contributed by atoms with Crippen molar-refractivity contribution in [1.82, 2.24) is 9.80 Å². The number of rotatable bonds is 7. The van der Waals surface area contributed by atoms with Crippen LogP contribution in [0.25, 0.3) is 0 Å². The van der Waals surface area contributed by atoms with E-state index in [9.17, 15) is 4.79 Å². The minimum atomic E-state index is 0.0207. The molecular formula is C15H24N2O2. The first-order valence-corrected chi connectivity index (χ1v) is 6.72. The van der Waals surface area contributed by atoms with Gasteiger partial charge >= 0.3 is 0 Å². The van der Waals surface area contributed by atoms with Crippen LogP contribution in [0.3, 0.4) is 0 Å². The molecule has 1 amide bonds. The van der Waals surface area contributed by atoms with Crippen LogP contribution in [0.5, 0.6) is 0 Å². The van der Waals surface area contributed by atoms with Crippen molar-refractivity contribution in [3.05, 3.63) is 35.4 Å². The smallest absolute Gasteiger partial charge is 0.253 e. The summed E-state index contributed by atoms with van der Waals surface area (Å²) in [7, 11) is 3.50. The lowest BCUT2D eigenvalue weighted by molar-refractivity contribution is 0.0827. The van der Waals surface area contributed by atoms with Gasteiger partial charge in [-0.25, -0.2) is 0 Å². The zero-order chi connectivity index (χ0) is 14.3. The lowest BCUT2D eigenvalue weighted by Crippen LogP contribution is -2.27. The predicted octanol–water partition coefficient (Wildman–Crippen LogP) is 1.59. The van der Waals surface area contributed by atoms with Gasteiger partial charge in [-0.2, -0.15) is 0 Å². The largest absolute Gasteiger partial charge is 0.395 e. The Hall–Kier alpha value is -1.39. The van der Waals surface area contributed by atoms with Gasteiger partial charge in [-0.05, 0) is 30.7 Å². The summed E-state index contributed by atoms with van der Waals surface area (Å²) in [6, 6.07) is 7.69. The van der Waals surface area contributed by atoms with E-state index in [1.807, 2.05) is 24.3 Å². The fourth-order valence-electron chi connectivity index (χ4n) is 2.00. The highest BCUT2D eigenvalue weighted by Crippen LogP contribution is 2.09. The molecule has 1 aromatic carbocycles. The fraction of sp³-hybridized carbons (Fsp3) is 0.533. The van der Waals surface area contributed by atoms with E-state index in [-0.39, 0.29) is 12.5 Å². The van der Waals surface area contributed by atoms with Crippen LogP contribution in [0.15, 0.2) is 24.3 Å². The van der Waals surface area contributed by atoms with Crippen molar-refractivity contribution in [3.8, 4) is 0 Å². The number of carbonyl (C=O) groups is 1. The second-order valence-electron chi connectivity index (χ2n) is 4.90. The molecule has 0 aliphatic heterocycles. The SMILES string of the molecule is CCCN(CCO)Cc1ccc(C(=O)N(C)C)cc1. The zero-order valence-electron chi connectivity index (χ0n) is 12.1. The van der Waals surface area contributed by atoms with Crippen LogP contribution in [-0.2, 0) is 6.54 Å². The molecule has 1 N–H and O–H groups in total. The Kier molecular flexibility index (Phi) is 6.53. The van der Waals surface area contributed by atoms with Gasteiger partial charge in [0.25, 0.3) is 5.91 Å². The first-order chi connectivity index (χ1) is 9.08. The second-order valence-corrected chi connectivity index (χ2v) is 4.90. The predicted molar refractivity (Wildman–Crippen MR) is 77.1 cm³/mol. The number of hydrogen-bond acceptors (Lipinski definition) is 3. The van der Waals surface area contributed by atoms with Crippen LogP contribution < -0.4 is 0 Å². The third-order valence-electron chi connectivity index (χ3n) is 2.97. The minimum absolute atomic E-state index is 0.0207. The molecule has 4 nitrogen and oxygen atoms in total. The van der Waals surface area contributed by atoms with Crippen molar-refractivity contribution < 1.29 is 9.90 Å². The number of hydrogen-bond donors (Lipinski definition) is 1. The molecule has 1 aromatic rings. The van der Waals surface area contributed by atoms with Gasteiger partial charge in [0.05, 0.1) is 6.61 Å². The van der Waals surface area contributed by atoms with Crippen LogP contribution in [0, 0.1) is 0 Å².